The van der Waals surface area contributed by atoms with Crippen LogP contribution in [0, 0.1) is 0 Å². The average molecular weight is 188 g/mol. The lowest BCUT2D eigenvalue weighted by molar-refractivity contribution is 0.506. The normalized spacial score (nSPS) is 12.4. The lowest BCUT2D eigenvalue weighted by Gasteiger charge is -2.03. The van der Waals surface area contributed by atoms with Crippen LogP contribution in [0.4, 0.5) is 0 Å². The smallest absolute Gasteiger partial charge is 0.130 e. The molecule has 0 fully saturated rings. The third-order valence-electron chi connectivity index (χ3n) is 1.95. The second-order valence-corrected chi connectivity index (χ2v) is 2.86. The van der Waals surface area contributed by atoms with Gasteiger partial charge in [0.05, 0.1) is 5.52 Å². The minimum atomic E-state index is -0.354. The van der Waals surface area contributed by atoms with E-state index in [0.717, 1.165) is 11.0 Å². The van der Waals surface area contributed by atoms with Crippen LogP contribution in [0.5, 0.6) is 0 Å². The molecule has 0 aliphatic carbocycles. The van der Waals surface area contributed by atoms with Gasteiger partial charge in [-0.15, -0.1) is 5.10 Å². The lowest BCUT2D eigenvalue weighted by Crippen LogP contribution is -2.03. The predicted molar refractivity (Wildman–Crippen MR) is 51.4 cm³/mol. The Morgan fingerprint density at radius 2 is 2.29 bits per heavy atom. The van der Waals surface area contributed by atoms with E-state index in [-0.39, 0.29) is 6.17 Å². The molecule has 2 aromatic rings. The van der Waals surface area contributed by atoms with Gasteiger partial charge in [-0.3, -0.25) is 0 Å². The van der Waals surface area contributed by atoms with Crippen LogP contribution in [-0.4, -0.2) is 15.0 Å². The third-order valence-corrected chi connectivity index (χ3v) is 1.95. The van der Waals surface area contributed by atoms with Crippen LogP contribution in [0.1, 0.15) is 13.1 Å². The van der Waals surface area contributed by atoms with Crippen molar-refractivity contribution in [1.82, 2.24) is 15.0 Å². The van der Waals surface area contributed by atoms with Gasteiger partial charge in [0, 0.05) is 4.91 Å². The van der Waals surface area contributed by atoms with Crippen LogP contribution in [0.15, 0.2) is 29.4 Å². The molecule has 0 bridgehead atoms. The molecule has 2 rings (SSSR count). The van der Waals surface area contributed by atoms with Crippen LogP contribution in [0.3, 0.4) is 0 Å². The molecule has 0 amide bonds. The number of benzene rings is 1. The van der Waals surface area contributed by atoms with E-state index < -0.39 is 0 Å². The van der Waals surface area contributed by atoms with E-state index in [1.54, 1.807) is 11.6 Å². The fourth-order valence-corrected chi connectivity index (χ4v) is 1.29. The molecule has 0 unspecified atom stereocenters. The molecular weight excluding hydrogens is 180 g/mol. The zero-order chi connectivity index (χ0) is 9.97. The number of rotatable bonds is 2. The number of hydrogen-bond acceptors (Lipinski definition) is 3. The lowest BCUT2D eigenvalue weighted by atomic mass is 10.3. The van der Waals surface area contributed by atoms with Gasteiger partial charge in [-0.1, -0.05) is 22.5 Å². The van der Waals surface area contributed by atoms with E-state index in [0.29, 0.717) is 0 Å². The van der Waals surface area contributed by atoms with Crippen molar-refractivity contribution in [2.24, 2.45) is 5.11 Å². The van der Waals surface area contributed by atoms with Crippen molar-refractivity contribution in [3.8, 4) is 0 Å². The van der Waals surface area contributed by atoms with E-state index in [9.17, 15) is 0 Å². The molecular formula is C8H8N6. The maximum atomic E-state index is 8.30. The first-order valence-electron chi connectivity index (χ1n) is 4.17. The summed E-state index contributed by atoms with van der Waals surface area (Å²) in [5.74, 6) is 0. The van der Waals surface area contributed by atoms with Gasteiger partial charge in [-0.05, 0) is 24.6 Å². The Bertz CT molecular complexity index is 495. The summed E-state index contributed by atoms with van der Waals surface area (Å²) in [6.07, 6.45) is -0.354. The number of para-hydroxylation sites is 1. The Balaban J connectivity index is 2.57. The quantitative estimate of drug-likeness (QED) is 0.411. The molecule has 6 nitrogen and oxygen atoms in total. The van der Waals surface area contributed by atoms with Crippen molar-refractivity contribution in [1.29, 1.82) is 0 Å². The minimum Gasteiger partial charge on any atom is -0.236 e. The molecule has 14 heavy (non-hydrogen) atoms. The van der Waals surface area contributed by atoms with E-state index in [4.69, 9.17) is 5.53 Å². The molecule has 1 atom stereocenters. The number of aromatic nitrogens is 3. The van der Waals surface area contributed by atoms with Gasteiger partial charge in [-0.2, -0.15) is 0 Å². The molecule has 0 spiro atoms. The van der Waals surface area contributed by atoms with Crippen molar-refractivity contribution in [3.05, 3.63) is 34.7 Å². The summed E-state index contributed by atoms with van der Waals surface area (Å²) in [4.78, 5) is 2.73. The summed E-state index contributed by atoms with van der Waals surface area (Å²) in [6, 6.07) is 7.53. The number of hydrogen-bond donors (Lipinski definition) is 0. The topological polar surface area (TPSA) is 79.5 Å². The van der Waals surface area contributed by atoms with Crippen LogP contribution >= 0.6 is 0 Å². The maximum Gasteiger partial charge on any atom is 0.130 e. The Kier molecular flexibility index (Phi) is 2.04. The van der Waals surface area contributed by atoms with E-state index in [2.05, 4.69) is 20.3 Å². The second-order valence-electron chi connectivity index (χ2n) is 2.86. The molecule has 6 heteroatoms. The molecule has 0 aliphatic heterocycles. The summed E-state index contributed by atoms with van der Waals surface area (Å²) in [7, 11) is 0. The van der Waals surface area contributed by atoms with Crippen molar-refractivity contribution in [2.45, 2.75) is 13.1 Å². The summed E-state index contributed by atoms with van der Waals surface area (Å²) < 4.78 is 1.59. The molecule has 1 aromatic heterocycles. The first kappa shape index (κ1) is 8.52. The Labute approximate surface area is 79.8 Å². The Morgan fingerprint density at radius 1 is 1.50 bits per heavy atom. The average Bonchev–Trinajstić information content (AvgIpc) is 2.61. The van der Waals surface area contributed by atoms with Gasteiger partial charge in [-0.25, -0.2) is 4.68 Å². The predicted octanol–water partition coefficient (Wildman–Crippen LogP) is 2.26. The molecule has 1 aromatic carbocycles. The summed E-state index contributed by atoms with van der Waals surface area (Å²) in [5.41, 5.74) is 9.97. The minimum absolute atomic E-state index is 0.354. The molecule has 0 saturated heterocycles. The SMILES string of the molecule is C[C@@H](N=[N+]=[N-])n1nnc2ccccc21. The highest BCUT2D eigenvalue weighted by molar-refractivity contribution is 5.73. The first-order chi connectivity index (χ1) is 6.83. The molecule has 0 radical (unpaired) electrons. The maximum absolute atomic E-state index is 8.30. The van der Waals surface area contributed by atoms with Gasteiger partial charge in [0.25, 0.3) is 0 Å². The van der Waals surface area contributed by atoms with Gasteiger partial charge >= 0.3 is 0 Å². The van der Waals surface area contributed by atoms with Crippen molar-refractivity contribution in [2.75, 3.05) is 0 Å². The molecule has 0 saturated carbocycles. The van der Waals surface area contributed by atoms with Crippen molar-refractivity contribution >= 4 is 11.0 Å². The highest BCUT2D eigenvalue weighted by Crippen LogP contribution is 2.15. The van der Waals surface area contributed by atoms with Crippen LogP contribution in [0.25, 0.3) is 21.5 Å². The molecule has 1 heterocycles. The molecule has 0 N–H and O–H groups in total. The van der Waals surface area contributed by atoms with Crippen LogP contribution in [-0.2, 0) is 0 Å². The Hall–Kier alpha value is -2.07. The standard InChI is InChI=1S/C8H8N6/c1-6(10-12-9)14-8-5-3-2-4-7(8)11-13-14/h2-6H,1H3/t6-/m0/s1. The zero-order valence-electron chi connectivity index (χ0n) is 7.57. The van der Waals surface area contributed by atoms with Crippen molar-refractivity contribution in [3.63, 3.8) is 0 Å². The monoisotopic (exact) mass is 188 g/mol. The largest absolute Gasteiger partial charge is 0.236 e. The van der Waals surface area contributed by atoms with Gasteiger partial charge in [0.2, 0.25) is 0 Å². The molecule has 70 valence electrons. The summed E-state index contributed by atoms with van der Waals surface area (Å²) in [6.45, 7) is 1.76. The van der Waals surface area contributed by atoms with Gasteiger partial charge in [0.1, 0.15) is 11.7 Å². The fourth-order valence-electron chi connectivity index (χ4n) is 1.29. The van der Waals surface area contributed by atoms with E-state index >= 15 is 0 Å². The third kappa shape index (κ3) is 1.27. The Morgan fingerprint density at radius 3 is 3.07 bits per heavy atom. The highest BCUT2D eigenvalue weighted by atomic mass is 15.5. The summed E-state index contributed by atoms with van der Waals surface area (Å²) in [5, 5.41) is 11.4. The van der Waals surface area contributed by atoms with Crippen LogP contribution < -0.4 is 0 Å². The van der Waals surface area contributed by atoms with Gasteiger partial charge in [0.15, 0.2) is 0 Å². The number of azide groups is 1. The van der Waals surface area contributed by atoms with Crippen molar-refractivity contribution < 1.29 is 0 Å². The zero-order valence-corrected chi connectivity index (χ0v) is 7.57. The summed E-state index contributed by atoms with van der Waals surface area (Å²) >= 11 is 0. The second kappa shape index (κ2) is 3.35. The fraction of sp³-hybridized carbons (Fsp3) is 0.250. The first-order valence-corrected chi connectivity index (χ1v) is 4.17. The number of fused-ring (bicyclic) bond motifs is 1. The van der Waals surface area contributed by atoms with Gasteiger partial charge < -0.3 is 0 Å². The number of nitrogens with zero attached hydrogens (tertiary/aromatic N) is 6. The highest BCUT2D eigenvalue weighted by Gasteiger charge is 2.07. The van der Waals surface area contributed by atoms with E-state index in [1.807, 2.05) is 24.3 Å². The van der Waals surface area contributed by atoms with Crippen LogP contribution in [0.2, 0.25) is 0 Å². The molecule has 0 aliphatic rings. The van der Waals surface area contributed by atoms with E-state index in [1.165, 1.54) is 0 Å².